The molecule has 0 aliphatic heterocycles. The molecule has 0 spiro atoms. The molecular formula is C7H8ClNO2S. The zero-order chi connectivity index (χ0) is 9.03. The number of hydrogen-bond acceptors (Lipinski definition) is 3. The maximum absolute atomic E-state index is 11.3. The van der Waals surface area contributed by atoms with Gasteiger partial charge in [-0.1, -0.05) is 0 Å². The second-order valence-electron chi connectivity index (χ2n) is 2.19. The van der Waals surface area contributed by atoms with Gasteiger partial charge in [0.05, 0.1) is 10.6 Å². The summed E-state index contributed by atoms with van der Waals surface area (Å²) >= 11 is 5.34. The molecule has 0 unspecified atom stereocenters. The van der Waals surface area contributed by atoms with Gasteiger partial charge in [0.1, 0.15) is 0 Å². The van der Waals surface area contributed by atoms with Gasteiger partial charge in [-0.15, -0.1) is 11.6 Å². The summed E-state index contributed by atoms with van der Waals surface area (Å²) in [6, 6.07) is 2.92. The van der Waals surface area contributed by atoms with Crippen molar-refractivity contribution < 1.29 is 8.42 Å². The first-order valence-electron chi connectivity index (χ1n) is 3.35. The maximum atomic E-state index is 11.3. The van der Waals surface area contributed by atoms with Crippen LogP contribution in [0.5, 0.6) is 0 Å². The number of pyridine rings is 1. The minimum absolute atomic E-state index is 0.0292. The third kappa shape index (κ3) is 2.19. The lowest BCUT2D eigenvalue weighted by Gasteiger charge is -1.99. The molecule has 0 aliphatic rings. The molecule has 66 valence electrons. The van der Waals surface area contributed by atoms with Gasteiger partial charge in [0.2, 0.25) is 0 Å². The third-order valence-corrected chi connectivity index (χ3v) is 3.50. The van der Waals surface area contributed by atoms with Crippen LogP contribution in [-0.2, 0) is 9.84 Å². The van der Waals surface area contributed by atoms with E-state index in [-0.39, 0.29) is 16.5 Å². The predicted molar refractivity (Wildman–Crippen MR) is 47.0 cm³/mol. The summed E-state index contributed by atoms with van der Waals surface area (Å²) < 4.78 is 22.6. The van der Waals surface area contributed by atoms with Crippen LogP contribution < -0.4 is 0 Å². The Balaban J connectivity index is 2.99. The Kier molecular flexibility index (Phi) is 3.05. The predicted octanol–water partition coefficient (Wildman–Crippen LogP) is 1.09. The molecule has 1 rings (SSSR count). The Labute approximate surface area is 76.3 Å². The first kappa shape index (κ1) is 9.48. The van der Waals surface area contributed by atoms with Gasteiger partial charge in [-0.3, -0.25) is 4.98 Å². The summed E-state index contributed by atoms with van der Waals surface area (Å²) in [5, 5.41) is 0. The van der Waals surface area contributed by atoms with Crippen LogP contribution >= 0.6 is 11.6 Å². The smallest absolute Gasteiger partial charge is 0.179 e. The molecule has 0 atom stereocenters. The molecule has 0 aromatic carbocycles. The molecule has 0 fully saturated rings. The van der Waals surface area contributed by atoms with E-state index in [4.69, 9.17) is 11.6 Å². The van der Waals surface area contributed by atoms with E-state index in [1.807, 2.05) is 0 Å². The van der Waals surface area contributed by atoms with Gasteiger partial charge in [0, 0.05) is 18.3 Å². The van der Waals surface area contributed by atoms with Crippen LogP contribution in [0.4, 0.5) is 0 Å². The average molecular weight is 206 g/mol. The van der Waals surface area contributed by atoms with Gasteiger partial charge >= 0.3 is 0 Å². The highest BCUT2D eigenvalue weighted by molar-refractivity contribution is 7.91. The first-order chi connectivity index (χ1) is 5.67. The lowest BCUT2D eigenvalue weighted by molar-refractivity contribution is 0.597. The van der Waals surface area contributed by atoms with Gasteiger partial charge in [-0.2, -0.15) is 0 Å². The Morgan fingerprint density at radius 3 is 2.42 bits per heavy atom. The summed E-state index contributed by atoms with van der Waals surface area (Å²) in [6.45, 7) is 0. The second kappa shape index (κ2) is 3.87. The fraction of sp³-hybridized carbons (Fsp3) is 0.286. The van der Waals surface area contributed by atoms with Crippen molar-refractivity contribution in [1.82, 2.24) is 4.98 Å². The van der Waals surface area contributed by atoms with Crippen LogP contribution in [0.3, 0.4) is 0 Å². The zero-order valence-corrected chi connectivity index (χ0v) is 7.85. The van der Waals surface area contributed by atoms with Gasteiger partial charge < -0.3 is 0 Å². The molecule has 0 bridgehead atoms. The Hall–Kier alpha value is -0.610. The SMILES string of the molecule is O=S(=O)(CCCl)c1ccncc1. The molecule has 3 nitrogen and oxygen atoms in total. The van der Waals surface area contributed by atoms with Gasteiger partial charge in [-0.05, 0) is 12.1 Å². The topological polar surface area (TPSA) is 47.0 Å². The molecule has 0 saturated heterocycles. The fourth-order valence-corrected chi connectivity index (χ4v) is 2.35. The van der Waals surface area contributed by atoms with Crippen LogP contribution in [0.15, 0.2) is 29.4 Å². The monoisotopic (exact) mass is 205 g/mol. The van der Waals surface area contributed by atoms with Crippen LogP contribution in [0.2, 0.25) is 0 Å². The zero-order valence-electron chi connectivity index (χ0n) is 6.27. The van der Waals surface area contributed by atoms with Crippen LogP contribution in [-0.4, -0.2) is 25.0 Å². The number of alkyl halides is 1. The van der Waals surface area contributed by atoms with Crippen LogP contribution in [0.1, 0.15) is 0 Å². The minimum Gasteiger partial charge on any atom is -0.265 e. The average Bonchev–Trinajstić information content (AvgIpc) is 2.06. The third-order valence-electron chi connectivity index (χ3n) is 1.35. The Morgan fingerprint density at radius 2 is 1.92 bits per heavy atom. The summed E-state index contributed by atoms with van der Waals surface area (Å²) in [7, 11) is -3.18. The van der Waals surface area contributed by atoms with Crippen molar-refractivity contribution in [3.8, 4) is 0 Å². The van der Waals surface area contributed by atoms with Crippen molar-refractivity contribution in [2.24, 2.45) is 0 Å². The summed E-state index contributed by atoms with van der Waals surface area (Å²) in [6.07, 6.45) is 2.89. The van der Waals surface area contributed by atoms with Crippen molar-refractivity contribution in [3.05, 3.63) is 24.5 Å². The van der Waals surface area contributed by atoms with Crippen LogP contribution in [0.25, 0.3) is 0 Å². The van der Waals surface area contributed by atoms with E-state index < -0.39 is 9.84 Å². The normalized spacial score (nSPS) is 11.4. The number of hydrogen-bond donors (Lipinski definition) is 0. The number of rotatable bonds is 3. The highest BCUT2D eigenvalue weighted by Gasteiger charge is 2.11. The van der Waals surface area contributed by atoms with Crippen molar-refractivity contribution in [1.29, 1.82) is 0 Å². The molecule has 1 aromatic rings. The molecule has 1 heterocycles. The lowest BCUT2D eigenvalue weighted by atomic mass is 10.5. The molecule has 1 aromatic heterocycles. The van der Waals surface area contributed by atoms with E-state index in [1.165, 1.54) is 24.5 Å². The van der Waals surface area contributed by atoms with E-state index >= 15 is 0 Å². The molecule has 0 amide bonds. The summed E-state index contributed by atoms with van der Waals surface area (Å²) in [5.74, 6) is 0.0865. The number of halogens is 1. The number of aromatic nitrogens is 1. The molecule has 5 heteroatoms. The highest BCUT2D eigenvalue weighted by Crippen LogP contribution is 2.08. The highest BCUT2D eigenvalue weighted by atomic mass is 35.5. The fourth-order valence-electron chi connectivity index (χ4n) is 0.765. The quantitative estimate of drug-likeness (QED) is 0.695. The first-order valence-corrected chi connectivity index (χ1v) is 5.54. The van der Waals surface area contributed by atoms with E-state index in [0.29, 0.717) is 0 Å². The largest absolute Gasteiger partial charge is 0.265 e. The Bertz CT molecular complexity index is 336. The number of nitrogens with zero attached hydrogens (tertiary/aromatic N) is 1. The molecule has 0 N–H and O–H groups in total. The summed E-state index contributed by atoms with van der Waals surface area (Å²) in [4.78, 5) is 4.00. The van der Waals surface area contributed by atoms with Crippen molar-refractivity contribution in [2.45, 2.75) is 4.90 Å². The number of sulfone groups is 1. The molecule has 0 saturated carbocycles. The molecule has 0 radical (unpaired) electrons. The summed E-state index contributed by atoms with van der Waals surface area (Å²) in [5.41, 5.74) is 0. The Morgan fingerprint density at radius 1 is 1.33 bits per heavy atom. The van der Waals surface area contributed by atoms with Crippen molar-refractivity contribution >= 4 is 21.4 Å². The second-order valence-corrected chi connectivity index (χ2v) is 4.68. The molecular weight excluding hydrogens is 198 g/mol. The van der Waals surface area contributed by atoms with E-state index in [2.05, 4.69) is 4.98 Å². The maximum Gasteiger partial charge on any atom is 0.179 e. The van der Waals surface area contributed by atoms with E-state index in [9.17, 15) is 8.42 Å². The van der Waals surface area contributed by atoms with E-state index in [0.717, 1.165) is 0 Å². The van der Waals surface area contributed by atoms with Crippen molar-refractivity contribution in [2.75, 3.05) is 11.6 Å². The molecule has 0 aliphatic carbocycles. The van der Waals surface area contributed by atoms with Gasteiger partial charge in [0.25, 0.3) is 0 Å². The van der Waals surface area contributed by atoms with Crippen molar-refractivity contribution in [3.63, 3.8) is 0 Å². The minimum atomic E-state index is -3.18. The standard InChI is InChI=1S/C7H8ClNO2S/c8-3-6-12(10,11)7-1-4-9-5-2-7/h1-2,4-5H,3,6H2. The van der Waals surface area contributed by atoms with E-state index in [1.54, 1.807) is 0 Å². The molecule has 12 heavy (non-hydrogen) atoms. The van der Waals surface area contributed by atoms with Gasteiger partial charge in [0.15, 0.2) is 9.84 Å². The van der Waals surface area contributed by atoms with Gasteiger partial charge in [-0.25, -0.2) is 8.42 Å². The van der Waals surface area contributed by atoms with Crippen LogP contribution in [0, 0.1) is 0 Å². The lowest BCUT2D eigenvalue weighted by Crippen LogP contribution is -2.07.